The second-order valence-electron chi connectivity index (χ2n) is 8.42. The van der Waals surface area contributed by atoms with E-state index in [9.17, 15) is 9.90 Å². The lowest BCUT2D eigenvalue weighted by Gasteiger charge is -2.59. The fourth-order valence-corrected chi connectivity index (χ4v) is 4.66. The number of hydrogen-bond donors (Lipinski definition) is 1. The zero-order valence-corrected chi connectivity index (χ0v) is 16.1. The molecule has 2 fully saturated rings. The average molecular weight is 359 g/mol. The number of amides is 1. The Bertz CT molecular complexity index is 683. The van der Waals surface area contributed by atoms with E-state index in [1.54, 1.807) is 4.90 Å². The second-order valence-corrected chi connectivity index (χ2v) is 8.42. The van der Waals surface area contributed by atoms with E-state index in [2.05, 4.69) is 43.0 Å². The predicted molar refractivity (Wildman–Crippen MR) is 101 cm³/mol. The van der Waals surface area contributed by atoms with Crippen LogP contribution in [-0.2, 0) is 11.4 Å². The summed E-state index contributed by atoms with van der Waals surface area (Å²) in [5.41, 5.74) is 1.79. The van der Waals surface area contributed by atoms with Crippen molar-refractivity contribution in [3.63, 3.8) is 0 Å². The zero-order chi connectivity index (χ0) is 18.9. The van der Waals surface area contributed by atoms with Crippen molar-refractivity contribution in [2.24, 2.45) is 16.0 Å². The van der Waals surface area contributed by atoms with E-state index in [1.807, 2.05) is 25.1 Å². The summed E-state index contributed by atoms with van der Waals surface area (Å²) >= 11 is 0. The standard InChI is InChI=1S/C20H29N3O3/c1-5-26-21-16-12-22(11-15-9-7-6-8-10-15)13-20(16)14-23(18(24)25)17(20)19(2,3)4/h6-10,17H,5,11-14H2,1-4H3,(H,24,25). The van der Waals surface area contributed by atoms with Crippen molar-refractivity contribution in [2.45, 2.75) is 40.3 Å². The monoisotopic (exact) mass is 359 g/mol. The Kier molecular flexibility index (Phi) is 4.97. The van der Waals surface area contributed by atoms with Gasteiger partial charge in [0.25, 0.3) is 0 Å². The minimum absolute atomic E-state index is 0.104. The number of benzene rings is 1. The number of likely N-dealkylation sites (tertiary alicyclic amines) is 2. The van der Waals surface area contributed by atoms with Gasteiger partial charge in [0, 0.05) is 26.2 Å². The molecule has 1 N–H and O–H groups in total. The summed E-state index contributed by atoms with van der Waals surface area (Å²) in [6.07, 6.45) is -0.854. The molecule has 0 aromatic heterocycles. The van der Waals surface area contributed by atoms with E-state index in [0.29, 0.717) is 13.2 Å². The van der Waals surface area contributed by atoms with Gasteiger partial charge in [-0.15, -0.1) is 0 Å². The number of nitrogens with zero attached hydrogens (tertiary/aromatic N) is 3. The molecule has 2 aliphatic heterocycles. The normalized spacial score (nSPS) is 27.8. The molecule has 3 rings (SSSR count). The summed E-state index contributed by atoms with van der Waals surface area (Å²) in [5.74, 6) is 0. The summed E-state index contributed by atoms with van der Waals surface area (Å²) in [6, 6.07) is 10.2. The van der Waals surface area contributed by atoms with Gasteiger partial charge in [-0.05, 0) is 17.9 Å². The van der Waals surface area contributed by atoms with E-state index in [-0.39, 0.29) is 16.9 Å². The van der Waals surface area contributed by atoms with Gasteiger partial charge in [-0.1, -0.05) is 56.3 Å². The topological polar surface area (TPSA) is 65.4 Å². The van der Waals surface area contributed by atoms with Gasteiger partial charge in [0.15, 0.2) is 0 Å². The summed E-state index contributed by atoms with van der Waals surface area (Å²) in [7, 11) is 0. The molecule has 0 aliphatic carbocycles. The Hall–Kier alpha value is -2.08. The van der Waals surface area contributed by atoms with Crippen molar-refractivity contribution >= 4 is 11.8 Å². The molecule has 0 saturated carbocycles. The van der Waals surface area contributed by atoms with Gasteiger partial charge in [0.2, 0.25) is 0 Å². The van der Waals surface area contributed by atoms with Gasteiger partial charge in [-0.2, -0.15) is 0 Å². The highest BCUT2D eigenvalue weighted by atomic mass is 16.6. The molecule has 6 nitrogen and oxygen atoms in total. The number of rotatable bonds is 4. The van der Waals surface area contributed by atoms with Crippen molar-refractivity contribution in [3.05, 3.63) is 35.9 Å². The van der Waals surface area contributed by atoms with Crippen LogP contribution in [0.4, 0.5) is 4.79 Å². The minimum Gasteiger partial charge on any atom is -0.465 e. The lowest BCUT2D eigenvalue weighted by molar-refractivity contribution is -0.0705. The summed E-state index contributed by atoms with van der Waals surface area (Å²) in [4.78, 5) is 21.0. The third-order valence-electron chi connectivity index (χ3n) is 5.36. The maximum Gasteiger partial charge on any atom is 0.407 e. The largest absolute Gasteiger partial charge is 0.465 e. The summed E-state index contributed by atoms with van der Waals surface area (Å²) in [5, 5.41) is 14.0. The SMILES string of the molecule is CCON=C1CN(Cc2ccccc2)CC12CN(C(=O)O)C2C(C)(C)C. The van der Waals surface area contributed by atoms with Crippen LogP contribution in [0, 0.1) is 10.8 Å². The highest BCUT2D eigenvalue weighted by Crippen LogP contribution is 2.51. The van der Waals surface area contributed by atoms with E-state index in [0.717, 1.165) is 25.3 Å². The first-order chi connectivity index (χ1) is 12.3. The van der Waals surface area contributed by atoms with Gasteiger partial charge < -0.3 is 14.8 Å². The first kappa shape index (κ1) is 18.7. The van der Waals surface area contributed by atoms with Crippen LogP contribution in [0.5, 0.6) is 0 Å². The molecular weight excluding hydrogens is 330 g/mol. The molecule has 2 atom stereocenters. The predicted octanol–water partition coefficient (Wildman–Crippen LogP) is 3.29. The van der Waals surface area contributed by atoms with Crippen LogP contribution in [0.1, 0.15) is 33.3 Å². The van der Waals surface area contributed by atoms with Gasteiger partial charge in [0.1, 0.15) is 6.61 Å². The van der Waals surface area contributed by atoms with Crippen LogP contribution in [0.2, 0.25) is 0 Å². The Balaban J connectivity index is 1.89. The molecule has 2 heterocycles. The van der Waals surface area contributed by atoms with E-state index in [1.165, 1.54) is 5.56 Å². The Morgan fingerprint density at radius 1 is 1.31 bits per heavy atom. The Morgan fingerprint density at radius 2 is 2.00 bits per heavy atom. The lowest BCUT2D eigenvalue weighted by Crippen LogP contribution is -2.73. The summed E-state index contributed by atoms with van der Waals surface area (Å²) < 4.78 is 0. The van der Waals surface area contributed by atoms with Gasteiger partial charge in [0.05, 0.1) is 17.2 Å². The Labute approximate surface area is 155 Å². The van der Waals surface area contributed by atoms with Crippen LogP contribution in [0.15, 0.2) is 35.5 Å². The zero-order valence-electron chi connectivity index (χ0n) is 16.1. The van der Waals surface area contributed by atoms with E-state index < -0.39 is 6.09 Å². The van der Waals surface area contributed by atoms with Gasteiger partial charge >= 0.3 is 6.09 Å². The number of carbonyl (C=O) groups is 1. The van der Waals surface area contributed by atoms with Gasteiger partial charge in [-0.25, -0.2) is 4.79 Å². The number of carboxylic acid groups (broad SMARTS) is 1. The van der Waals surface area contributed by atoms with Crippen LogP contribution in [0.25, 0.3) is 0 Å². The first-order valence-corrected chi connectivity index (χ1v) is 9.23. The Morgan fingerprint density at radius 3 is 2.58 bits per heavy atom. The fraction of sp³-hybridized carbons (Fsp3) is 0.600. The first-order valence-electron chi connectivity index (χ1n) is 9.23. The third kappa shape index (κ3) is 3.30. The molecule has 1 aromatic carbocycles. The van der Waals surface area contributed by atoms with Crippen LogP contribution >= 0.6 is 0 Å². The second kappa shape index (κ2) is 6.91. The highest BCUT2D eigenvalue weighted by Gasteiger charge is 2.64. The number of hydrogen-bond acceptors (Lipinski definition) is 4. The maximum atomic E-state index is 11.7. The van der Waals surface area contributed by atoms with Crippen LogP contribution < -0.4 is 0 Å². The van der Waals surface area contributed by atoms with Crippen LogP contribution in [0.3, 0.4) is 0 Å². The van der Waals surface area contributed by atoms with Crippen molar-refractivity contribution in [2.75, 3.05) is 26.2 Å². The molecule has 0 bridgehead atoms. The molecule has 1 spiro atoms. The van der Waals surface area contributed by atoms with Gasteiger partial charge in [-0.3, -0.25) is 4.90 Å². The molecule has 2 unspecified atom stereocenters. The van der Waals surface area contributed by atoms with Crippen molar-refractivity contribution < 1.29 is 14.7 Å². The van der Waals surface area contributed by atoms with E-state index >= 15 is 0 Å². The number of oxime groups is 1. The molecule has 142 valence electrons. The maximum absolute atomic E-state index is 11.7. The van der Waals surface area contributed by atoms with Crippen molar-refractivity contribution in [1.82, 2.24) is 9.80 Å². The van der Waals surface area contributed by atoms with E-state index in [4.69, 9.17) is 4.84 Å². The molecule has 1 aromatic rings. The molecular formula is C20H29N3O3. The quantitative estimate of drug-likeness (QED) is 0.838. The molecule has 2 aliphatic rings. The average Bonchev–Trinajstić information content (AvgIpc) is 2.89. The molecule has 0 radical (unpaired) electrons. The molecule has 2 saturated heterocycles. The third-order valence-corrected chi connectivity index (χ3v) is 5.36. The molecule has 6 heteroatoms. The summed E-state index contributed by atoms with van der Waals surface area (Å²) in [6.45, 7) is 11.6. The fourth-order valence-electron chi connectivity index (χ4n) is 4.66. The molecule has 1 amide bonds. The van der Waals surface area contributed by atoms with Crippen molar-refractivity contribution in [3.8, 4) is 0 Å². The molecule has 26 heavy (non-hydrogen) atoms. The lowest BCUT2D eigenvalue weighted by atomic mass is 9.60. The van der Waals surface area contributed by atoms with Crippen LogP contribution in [-0.4, -0.2) is 59.0 Å². The highest BCUT2D eigenvalue weighted by molar-refractivity contribution is 5.97. The van der Waals surface area contributed by atoms with Crippen molar-refractivity contribution in [1.29, 1.82) is 0 Å². The smallest absolute Gasteiger partial charge is 0.407 e. The minimum atomic E-state index is -0.854.